The Morgan fingerprint density at radius 2 is 1.77 bits per heavy atom. The molecule has 0 aliphatic carbocycles. The minimum absolute atomic E-state index is 0.311. The number of aryl methyl sites for hydroxylation is 1. The maximum absolute atomic E-state index is 12.4. The van der Waals surface area contributed by atoms with E-state index in [2.05, 4.69) is 25.0 Å². The van der Waals surface area contributed by atoms with E-state index in [1.807, 2.05) is 55.5 Å². The average Bonchev–Trinajstić information content (AvgIpc) is 3.49. The minimum atomic E-state index is -4.75. The number of nitrogens with zero attached hydrogens (tertiary/aromatic N) is 6. The van der Waals surface area contributed by atoms with E-state index in [0.717, 1.165) is 22.4 Å². The number of halogens is 3. The molecule has 4 aromatic rings. The van der Waals surface area contributed by atoms with E-state index >= 15 is 0 Å². The van der Waals surface area contributed by atoms with Gasteiger partial charge in [-0.15, -0.1) is 23.4 Å². The Hall–Kier alpha value is -4.16. The van der Waals surface area contributed by atoms with Crippen molar-refractivity contribution in [3.8, 4) is 22.8 Å². The number of aliphatic hydroxyl groups is 1. The zero-order chi connectivity index (χ0) is 27.6. The highest BCUT2D eigenvalue weighted by Gasteiger charge is 2.41. The molecule has 12 heteroatoms. The number of thioether (sulfide) groups is 1. The molecule has 1 unspecified atom stereocenters. The van der Waals surface area contributed by atoms with Crippen molar-refractivity contribution in [1.29, 1.82) is 0 Å². The predicted molar refractivity (Wildman–Crippen MR) is 145 cm³/mol. The number of alkyl halides is 3. The molecule has 200 valence electrons. The molecule has 8 nitrogen and oxygen atoms in total. The van der Waals surface area contributed by atoms with Gasteiger partial charge in [-0.1, -0.05) is 54.2 Å². The van der Waals surface area contributed by atoms with Crippen LogP contribution in [0.1, 0.15) is 18.1 Å². The number of aromatic nitrogens is 3. The number of rotatable bonds is 6. The van der Waals surface area contributed by atoms with Crippen LogP contribution in [-0.2, 0) is 0 Å². The van der Waals surface area contributed by atoms with E-state index < -0.39 is 12.1 Å². The smallest absolute Gasteiger partial charge is 0.406 e. The predicted octanol–water partition coefficient (Wildman–Crippen LogP) is 5.79. The minimum Gasteiger partial charge on any atom is -0.406 e. The van der Waals surface area contributed by atoms with Crippen molar-refractivity contribution < 1.29 is 23.0 Å². The van der Waals surface area contributed by atoms with Gasteiger partial charge in [0.1, 0.15) is 12.1 Å². The lowest BCUT2D eigenvalue weighted by molar-refractivity contribution is -0.274. The number of anilines is 1. The van der Waals surface area contributed by atoms with Crippen LogP contribution < -0.4 is 9.64 Å². The Kier molecular flexibility index (Phi) is 7.15. The van der Waals surface area contributed by atoms with Crippen LogP contribution in [0.4, 0.5) is 18.9 Å². The zero-order valence-corrected chi connectivity index (χ0v) is 21.7. The van der Waals surface area contributed by atoms with Gasteiger partial charge >= 0.3 is 6.36 Å². The van der Waals surface area contributed by atoms with Crippen LogP contribution in [0.15, 0.2) is 89.3 Å². The largest absolute Gasteiger partial charge is 0.573 e. The molecule has 1 N–H and O–H groups in total. The van der Waals surface area contributed by atoms with Crippen molar-refractivity contribution in [2.75, 3.05) is 10.7 Å². The molecule has 5 rings (SSSR count). The number of amidine groups is 1. The summed E-state index contributed by atoms with van der Waals surface area (Å²) in [6.45, 7) is 3.74. The third-order valence-electron chi connectivity index (χ3n) is 5.85. The summed E-state index contributed by atoms with van der Waals surface area (Å²) in [5.41, 5.74) is 2.92. The van der Waals surface area contributed by atoms with Gasteiger partial charge in [-0.2, -0.15) is 5.10 Å². The summed E-state index contributed by atoms with van der Waals surface area (Å²) in [4.78, 5) is 6.10. The van der Waals surface area contributed by atoms with Crippen molar-refractivity contribution in [2.45, 2.75) is 25.9 Å². The molecule has 2 heterocycles. The van der Waals surface area contributed by atoms with Gasteiger partial charge in [0.2, 0.25) is 0 Å². The van der Waals surface area contributed by atoms with Crippen LogP contribution in [0.25, 0.3) is 17.1 Å². The van der Waals surface area contributed by atoms with Gasteiger partial charge in [0.15, 0.2) is 16.7 Å². The van der Waals surface area contributed by atoms with E-state index in [4.69, 9.17) is 0 Å². The summed E-state index contributed by atoms with van der Waals surface area (Å²) in [5, 5.41) is 24.5. The van der Waals surface area contributed by atoms with Crippen LogP contribution >= 0.6 is 11.8 Å². The lowest BCUT2D eigenvalue weighted by atomic mass is 10.1. The van der Waals surface area contributed by atoms with Crippen LogP contribution in [-0.4, -0.2) is 49.1 Å². The highest BCUT2D eigenvalue weighted by Crippen LogP contribution is 2.37. The summed E-state index contributed by atoms with van der Waals surface area (Å²) in [6, 6.07) is 20.5. The molecule has 0 radical (unpaired) electrons. The fourth-order valence-corrected chi connectivity index (χ4v) is 5.03. The Morgan fingerprint density at radius 3 is 2.46 bits per heavy atom. The highest BCUT2D eigenvalue weighted by molar-refractivity contribution is 8.14. The van der Waals surface area contributed by atoms with Crippen molar-refractivity contribution in [3.63, 3.8) is 0 Å². The van der Waals surface area contributed by atoms with Crippen molar-refractivity contribution in [1.82, 2.24) is 14.8 Å². The maximum Gasteiger partial charge on any atom is 0.573 e. The first-order valence-electron chi connectivity index (χ1n) is 11.8. The second-order valence-electron chi connectivity index (χ2n) is 8.93. The quantitative estimate of drug-likeness (QED) is 0.241. The fourth-order valence-electron chi connectivity index (χ4n) is 3.97. The van der Waals surface area contributed by atoms with Crippen LogP contribution in [0, 0.1) is 6.92 Å². The number of hydrogen-bond donors (Lipinski definition) is 1. The molecular weight excluding hydrogens is 529 g/mol. The van der Waals surface area contributed by atoms with Crippen LogP contribution in [0.3, 0.4) is 0 Å². The third-order valence-corrected chi connectivity index (χ3v) is 7.06. The molecule has 0 saturated carbocycles. The Labute approximate surface area is 226 Å². The maximum atomic E-state index is 12.4. The fraction of sp³-hybridized carbons (Fsp3) is 0.185. The Bertz CT molecular complexity index is 1520. The van der Waals surface area contributed by atoms with Crippen LogP contribution in [0.2, 0.25) is 0 Å². The van der Waals surface area contributed by atoms with Gasteiger partial charge in [-0.25, -0.2) is 9.67 Å². The van der Waals surface area contributed by atoms with Gasteiger partial charge in [0.25, 0.3) is 0 Å². The van der Waals surface area contributed by atoms with E-state index in [9.17, 15) is 18.3 Å². The molecule has 1 fully saturated rings. The normalized spacial score (nSPS) is 18.8. The molecule has 1 aliphatic rings. The van der Waals surface area contributed by atoms with Gasteiger partial charge < -0.3 is 9.84 Å². The molecule has 39 heavy (non-hydrogen) atoms. The SMILES string of the molecule is Cc1ccccc1N1C(=NN=Cc2ccc(-c3ncn(-c4ccc(OC(F)(F)F)cc4)n3)cc2)SCC1(C)O. The molecule has 3 aromatic carbocycles. The molecule has 0 spiro atoms. The first-order chi connectivity index (χ1) is 18.6. The first kappa shape index (κ1) is 26.4. The summed E-state index contributed by atoms with van der Waals surface area (Å²) in [6.07, 6.45) is -1.64. The molecular formula is C27H23F3N6O2S. The van der Waals surface area contributed by atoms with Crippen molar-refractivity contribution in [3.05, 3.63) is 90.3 Å². The average molecular weight is 553 g/mol. The van der Waals surface area contributed by atoms with E-state index in [1.54, 1.807) is 18.0 Å². The number of benzene rings is 3. The van der Waals surface area contributed by atoms with E-state index in [0.29, 0.717) is 22.4 Å². The first-order valence-corrected chi connectivity index (χ1v) is 12.8. The molecule has 0 amide bonds. The number of para-hydroxylation sites is 1. The lowest BCUT2D eigenvalue weighted by Crippen LogP contribution is -2.45. The van der Waals surface area contributed by atoms with Crippen molar-refractivity contribution >= 4 is 28.8 Å². The van der Waals surface area contributed by atoms with Gasteiger partial charge in [0.05, 0.1) is 11.9 Å². The summed E-state index contributed by atoms with van der Waals surface area (Å²) < 4.78 is 42.5. The van der Waals surface area contributed by atoms with E-state index in [-0.39, 0.29) is 5.75 Å². The molecule has 1 atom stereocenters. The second-order valence-corrected chi connectivity index (χ2v) is 9.87. The number of hydrogen-bond acceptors (Lipinski definition) is 7. The lowest BCUT2D eigenvalue weighted by Gasteiger charge is -2.31. The number of ether oxygens (including phenoxy) is 1. The topological polar surface area (TPSA) is 88.1 Å². The molecule has 0 bridgehead atoms. The summed E-state index contributed by atoms with van der Waals surface area (Å²) in [5.74, 6) is 0.608. The second kappa shape index (κ2) is 10.5. The van der Waals surface area contributed by atoms with Crippen LogP contribution in [0.5, 0.6) is 5.75 Å². The highest BCUT2D eigenvalue weighted by atomic mass is 32.2. The Morgan fingerprint density at radius 1 is 1.05 bits per heavy atom. The van der Waals surface area contributed by atoms with Gasteiger partial charge in [-0.05, 0) is 55.3 Å². The third kappa shape index (κ3) is 6.13. The Balaban J connectivity index is 1.28. The van der Waals surface area contributed by atoms with Gasteiger partial charge in [-0.3, -0.25) is 4.90 Å². The molecule has 1 aromatic heterocycles. The standard InChI is InChI=1S/C27H23F3N6O2S/c1-18-5-3-4-6-23(18)36-25(39-16-26(36,2)37)33-32-15-19-7-9-20(10-8-19)24-31-17-35(34-24)21-11-13-22(14-12-21)38-27(28,29)30/h3-15,17,37H,16H2,1-2H3. The summed E-state index contributed by atoms with van der Waals surface area (Å²) in [7, 11) is 0. The van der Waals surface area contributed by atoms with Gasteiger partial charge in [0, 0.05) is 17.0 Å². The zero-order valence-electron chi connectivity index (χ0n) is 20.9. The molecule has 1 saturated heterocycles. The molecule has 1 aliphatic heterocycles. The van der Waals surface area contributed by atoms with Crippen molar-refractivity contribution in [2.24, 2.45) is 10.2 Å². The van der Waals surface area contributed by atoms with E-state index in [1.165, 1.54) is 47.0 Å². The summed E-state index contributed by atoms with van der Waals surface area (Å²) >= 11 is 1.44. The monoisotopic (exact) mass is 552 g/mol.